The van der Waals surface area contributed by atoms with E-state index in [9.17, 15) is 14.3 Å². The van der Waals surface area contributed by atoms with Gasteiger partial charge in [0.1, 0.15) is 5.82 Å². The lowest BCUT2D eigenvalue weighted by Gasteiger charge is -2.20. The number of benzene rings is 2. The van der Waals surface area contributed by atoms with Crippen LogP contribution in [0.2, 0.25) is 0 Å². The Hall–Kier alpha value is -2.20. The van der Waals surface area contributed by atoms with Crippen LogP contribution in [0, 0.1) is 5.82 Å². The molecule has 114 valence electrons. The molecule has 0 radical (unpaired) electrons. The highest BCUT2D eigenvalue weighted by molar-refractivity contribution is 5.83. The van der Waals surface area contributed by atoms with Crippen molar-refractivity contribution >= 4 is 5.91 Å². The van der Waals surface area contributed by atoms with Crippen LogP contribution in [0.3, 0.4) is 0 Å². The number of fused-ring (bicyclic) bond motifs is 1. The van der Waals surface area contributed by atoms with E-state index in [-0.39, 0.29) is 17.8 Å². The van der Waals surface area contributed by atoms with Crippen LogP contribution in [0.15, 0.2) is 48.5 Å². The summed E-state index contributed by atoms with van der Waals surface area (Å²) in [6, 6.07) is 13.3. The molecule has 0 spiro atoms. The minimum atomic E-state index is -0.680. The largest absolute Gasteiger partial charge is 0.386 e. The van der Waals surface area contributed by atoms with Gasteiger partial charge in [0.25, 0.3) is 0 Å². The van der Waals surface area contributed by atoms with Gasteiger partial charge in [0.15, 0.2) is 0 Å². The van der Waals surface area contributed by atoms with Gasteiger partial charge in [-0.1, -0.05) is 36.4 Å². The zero-order chi connectivity index (χ0) is 15.7. The van der Waals surface area contributed by atoms with Gasteiger partial charge in [0.2, 0.25) is 5.91 Å². The van der Waals surface area contributed by atoms with Crippen molar-refractivity contribution in [2.45, 2.75) is 31.4 Å². The fraction of sp³-hybridized carbons (Fsp3) is 0.278. The fourth-order valence-electron chi connectivity index (χ4n) is 2.91. The van der Waals surface area contributed by atoms with Crippen LogP contribution < -0.4 is 5.32 Å². The Balaban J connectivity index is 1.69. The van der Waals surface area contributed by atoms with Crippen molar-refractivity contribution in [2.75, 3.05) is 0 Å². The lowest BCUT2D eigenvalue weighted by atomic mass is 9.99. The summed E-state index contributed by atoms with van der Waals surface area (Å²) in [5, 5.41) is 13.2. The van der Waals surface area contributed by atoms with Crippen LogP contribution in [-0.2, 0) is 11.2 Å². The molecule has 0 heterocycles. The topological polar surface area (TPSA) is 49.3 Å². The Bertz CT molecular complexity index is 684. The van der Waals surface area contributed by atoms with Gasteiger partial charge in [-0.3, -0.25) is 4.79 Å². The number of carbonyl (C=O) groups is 1. The SMILES string of the molecule is CC(C(=O)N[C@H]1Cc2ccccc2[C@H]1O)c1ccc(F)cc1. The van der Waals surface area contributed by atoms with E-state index in [2.05, 4.69) is 5.32 Å². The molecule has 0 bridgehead atoms. The molecule has 4 heteroatoms. The Morgan fingerprint density at radius 3 is 2.59 bits per heavy atom. The number of hydrogen-bond acceptors (Lipinski definition) is 2. The first-order valence-electron chi connectivity index (χ1n) is 7.38. The molecule has 1 amide bonds. The van der Waals surface area contributed by atoms with Gasteiger partial charge in [-0.15, -0.1) is 0 Å². The number of amides is 1. The zero-order valence-corrected chi connectivity index (χ0v) is 12.3. The molecular formula is C18H18FNO2. The number of carbonyl (C=O) groups excluding carboxylic acids is 1. The first-order valence-corrected chi connectivity index (χ1v) is 7.38. The second-order valence-corrected chi connectivity index (χ2v) is 5.74. The lowest BCUT2D eigenvalue weighted by Crippen LogP contribution is -2.40. The molecular weight excluding hydrogens is 281 g/mol. The molecule has 22 heavy (non-hydrogen) atoms. The molecule has 0 aromatic heterocycles. The molecule has 1 aliphatic carbocycles. The van der Waals surface area contributed by atoms with Gasteiger partial charge in [-0.25, -0.2) is 4.39 Å². The van der Waals surface area contributed by atoms with Crippen molar-refractivity contribution in [3.63, 3.8) is 0 Å². The zero-order valence-electron chi connectivity index (χ0n) is 12.3. The van der Waals surface area contributed by atoms with Crippen LogP contribution in [0.1, 0.15) is 35.6 Å². The van der Waals surface area contributed by atoms with Crippen molar-refractivity contribution in [1.82, 2.24) is 5.32 Å². The van der Waals surface area contributed by atoms with Gasteiger partial charge in [0, 0.05) is 0 Å². The van der Waals surface area contributed by atoms with Gasteiger partial charge < -0.3 is 10.4 Å². The van der Waals surface area contributed by atoms with E-state index < -0.39 is 12.0 Å². The molecule has 2 aromatic rings. The first-order chi connectivity index (χ1) is 10.6. The number of aliphatic hydroxyl groups excluding tert-OH is 1. The normalized spacial score (nSPS) is 21.2. The summed E-state index contributed by atoms with van der Waals surface area (Å²) in [4.78, 5) is 12.4. The van der Waals surface area contributed by atoms with E-state index in [4.69, 9.17) is 0 Å². The lowest BCUT2D eigenvalue weighted by molar-refractivity contribution is -0.123. The Kier molecular flexibility index (Phi) is 3.94. The van der Waals surface area contributed by atoms with E-state index in [1.165, 1.54) is 12.1 Å². The fourth-order valence-corrected chi connectivity index (χ4v) is 2.91. The summed E-state index contributed by atoms with van der Waals surface area (Å²) in [7, 11) is 0. The van der Waals surface area contributed by atoms with Gasteiger partial charge in [-0.05, 0) is 42.2 Å². The molecule has 0 fully saturated rings. The van der Waals surface area contributed by atoms with E-state index in [1.54, 1.807) is 19.1 Å². The Labute approximate surface area is 128 Å². The quantitative estimate of drug-likeness (QED) is 0.915. The molecule has 3 nitrogen and oxygen atoms in total. The third-order valence-corrected chi connectivity index (χ3v) is 4.29. The van der Waals surface area contributed by atoms with E-state index >= 15 is 0 Å². The molecule has 0 aliphatic heterocycles. The van der Waals surface area contributed by atoms with Crippen LogP contribution in [0.4, 0.5) is 4.39 Å². The summed E-state index contributed by atoms with van der Waals surface area (Å²) in [6.45, 7) is 1.77. The monoisotopic (exact) mass is 299 g/mol. The summed E-state index contributed by atoms with van der Waals surface area (Å²) < 4.78 is 12.9. The smallest absolute Gasteiger partial charge is 0.227 e. The highest BCUT2D eigenvalue weighted by Crippen LogP contribution is 2.31. The van der Waals surface area contributed by atoms with Gasteiger partial charge in [0.05, 0.1) is 18.1 Å². The van der Waals surface area contributed by atoms with Crippen molar-refractivity contribution < 1.29 is 14.3 Å². The predicted molar refractivity (Wildman–Crippen MR) is 81.9 cm³/mol. The summed E-state index contributed by atoms with van der Waals surface area (Å²) in [6.07, 6.45) is -0.0558. The summed E-state index contributed by atoms with van der Waals surface area (Å²) in [5.41, 5.74) is 2.70. The molecule has 1 aliphatic rings. The Morgan fingerprint density at radius 2 is 1.91 bits per heavy atom. The average molecular weight is 299 g/mol. The first kappa shape index (κ1) is 14.7. The maximum atomic E-state index is 12.9. The average Bonchev–Trinajstić information content (AvgIpc) is 2.84. The molecule has 0 saturated carbocycles. The minimum absolute atomic E-state index is 0.163. The highest BCUT2D eigenvalue weighted by atomic mass is 19.1. The predicted octanol–water partition coefficient (Wildman–Crippen LogP) is 2.70. The molecule has 2 aromatic carbocycles. The molecule has 3 rings (SSSR count). The maximum absolute atomic E-state index is 12.9. The van der Waals surface area contributed by atoms with E-state index in [1.807, 2.05) is 24.3 Å². The van der Waals surface area contributed by atoms with Crippen molar-refractivity contribution in [2.24, 2.45) is 0 Å². The van der Waals surface area contributed by atoms with Gasteiger partial charge in [-0.2, -0.15) is 0 Å². The van der Waals surface area contributed by atoms with Crippen LogP contribution >= 0.6 is 0 Å². The van der Waals surface area contributed by atoms with E-state index in [0.717, 1.165) is 16.7 Å². The maximum Gasteiger partial charge on any atom is 0.227 e. The number of hydrogen-bond donors (Lipinski definition) is 2. The second-order valence-electron chi connectivity index (χ2n) is 5.74. The molecule has 3 atom stereocenters. The number of rotatable bonds is 3. The highest BCUT2D eigenvalue weighted by Gasteiger charge is 2.32. The number of aliphatic hydroxyl groups is 1. The second kappa shape index (κ2) is 5.89. The van der Waals surface area contributed by atoms with Crippen molar-refractivity contribution in [3.8, 4) is 0 Å². The van der Waals surface area contributed by atoms with Crippen LogP contribution in [-0.4, -0.2) is 17.1 Å². The summed E-state index contributed by atoms with van der Waals surface area (Å²) in [5.74, 6) is -0.877. The van der Waals surface area contributed by atoms with Crippen LogP contribution in [0.5, 0.6) is 0 Å². The third kappa shape index (κ3) is 2.74. The molecule has 0 saturated heterocycles. The van der Waals surface area contributed by atoms with Crippen LogP contribution in [0.25, 0.3) is 0 Å². The van der Waals surface area contributed by atoms with Gasteiger partial charge >= 0.3 is 0 Å². The minimum Gasteiger partial charge on any atom is -0.386 e. The number of halogens is 1. The van der Waals surface area contributed by atoms with Crippen molar-refractivity contribution in [3.05, 3.63) is 71.0 Å². The molecule has 2 N–H and O–H groups in total. The van der Waals surface area contributed by atoms with Crippen molar-refractivity contribution in [1.29, 1.82) is 0 Å². The number of nitrogens with one attached hydrogen (secondary N) is 1. The Morgan fingerprint density at radius 1 is 1.23 bits per heavy atom. The summed E-state index contributed by atoms with van der Waals surface area (Å²) >= 11 is 0. The van der Waals surface area contributed by atoms with E-state index in [0.29, 0.717) is 6.42 Å². The third-order valence-electron chi connectivity index (χ3n) is 4.29. The molecule has 1 unspecified atom stereocenters. The standard InChI is InChI=1S/C18H18FNO2/c1-11(12-6-8-14(19)9-7-12)18(22)20-16-10-13-4-2-3-5-15(13)17(16)21/h2-9,11,16-17,21H,10H2,1H3,(H,20,22)/t11?,16-,17+/m0/s1.